The lowest BCUT2D eigenvalue weighted by Crippen LogP contribution is -2.48. The molecule has 0 saturated carbocycles. The molecular formula is C24H41N6O7P. The second kappa shape index (κ2) is 12.5. The highest BCUT2D eigenvalue weighted by Gasteiger charge is 2.41. The van der Waals surface area contributed by atoms with E-state index in [0.29, 0.717) is 17.7 Å². The van der Waals surface area contributed by atoms with Crippen LogP contribution in [-0.2, 0) is 39.4 Å². The lowest BCUT2D eigenvalue weighted by molar-refractivity contribution is -0.159. The molecule has 0 saturated heterocycles. The Balaban J connectivity index is 2.19. The first kappa shape index (κ1) is 31.6. The molecule has 0 unspecified atom stereocenters. The van der Waals surface area contributed by atoms with Gasteiger partial charge < -0.3 is 29.0 Å². The molecule has 0 spiro atoms. The second-order valence-corrected chi connectivity index (χ2v) is 13.0. The predicted octanol–water partition coefficient (Wildman–Crippen LogP) is 3.28. The normalized spacial score (nSPS) is 15.0. The molecule has 2 aromatic rings. The SMILES string of the molecule is CC(C)OC(=O)C(C)(C)CO[P@@](=O)(CO[C@H](C)Cn1cnc2c(N)ncnc21)NC(C)(C)C(=O)OC(C)C. The molecule has 0 fully saturated rings. The lowest BCUT2D eigenvalue weighted by atomic mass is 9.95. The molecule has 2 heterocycles. The molecule has 13 nitrogen and oxygen atoms in total. The molecular weight excluding hydrogens is 515 g/mol. The van der Waals surface area contributed by atoms with Gasteiger partial charge in [0.15, 0.2) is 11.5 Å². The van der Waals surface area contributed by atoms with Crippen molar-refractivity contribution in [1.82, 2.24) is 24.6 Å². The third-order valence-electron chi connectivity index (χ3n) is 5.24. The van der Waals surface area contributed by atoms with Crippen LogP contribution in [0.5, 0.6) is 0 Å². The first-order valence-corrected chi connectivity index (χ1v) is 14.2. The highest BCUT2D eigenvalue weighted by Crippen LogP contribution is 2.46. The quantitative estimate of drug-likeness (QED) is 0.257. The molecule has 0 aromatic carbocycles. The Labute approximate surface area is 223 Å². The highest BCUT2D eigenvalue weighted by molar-refractivity contribution is 7.56. The van der Waals surface area contributed by atoms with Crippen LogP contribution in [0, 0.1) is 5.41 Å². The van der Waals surface area contributed by atoms with Crippen molar-refractivity contribution in [3.8, 4) is 0 Å². The second-order valence-electron chi connectivity index (χ2n) is 10.9. The number of rotatable bonds is 14. The summed E-state index contributed by atoms with van der Waals surface area (Å²) < 4.78 is 38.1. The van der Waals surface area contributed by atoms with Crippen molar-refractivity contribution in [3.63, 3.8) is 0 Å². The maximum Gasteiger partial charge on any atom is 0.326 e. The van der Waals surface area contributed by atoms with Crippen LogP contribution >= 0.6 is 7.52 Å². The van der Waals surface area contributed by atoms with Crippen molar-refractivity contribution in [2.45, 2.75) is 92.7 Å². The minimum Gasteiger partial charge on any atom is -0.462 e. The minimum absolute atomic E-state index is 0.238. The molecule has 0 bridgehead atoms. The van der Waals surface area contributed by atoms with Crippen molar-refractivity contribution >= 4 is 36.4 Å². The number of nitrogen functional groups attached to an aromatic ring is 1. The molecule has 2 atom stereocenters. The van der Waals surface area contributed by atoms with Gasteiger partial charge in [0.05, 0.1) is 43.2 Å². The number of anilines is 1. The molecule has 38 heavy (non-hydrogen) atoms. The summed E-state index contributed by atoms with van der Waals surface area (Å²) in [6, 6.07) is 0. The summed E-state index contributed by atoms with van der Waals surface area (Å²) in [5.74, 6) is -0.844. The Morgan fingerprint density at radius 3 is 2.24 bits per heavy atom. The summed E-state index contributed by atoms with van der Waals surface area (Å²) in [5.41, 5.74) is 4.38. The van der Waals surface area contributed by atoms with Crippen LogP contribution in [0.4, 0.5) is 5.82 Å². The average Bonchev–Trinajstić information content (AvgIpc) is 3.19. The number of imidazole rings is 1. The molecule has 0 radical (unpaired) electrons. The molecule has 0 aliphatic carbocycles. The van der Waals surface area contributed by atoms with Crippen molar-refractivity contribution < 1.29 is 32.9 Å². The van der Waals surface area contributed by atoms with Crippen molar-refractivity contribution in [1.29, 1.82) is 0 Å². The van der Waals surface area contributed by atoms with Gasteiger partial charge in [-0.1, -0.05) is 0 Å². The predicted molar refractivity (Wildman–Crippen MR) is 142 cm³/mol. The number of hydrogen-bond acceptors (Lipinski definition) is 11. The average molecular weight is 557 g/mol. The fourth-order valence-corrected chi connectivity index (χ4v) is 5.35. The number of carbonyl (C=O) groups excluding carboxylic acids is 2. The van der Waals surface area contributed by atoms with Crippen LogP contribution < -0.4 is 10.8 Å². The van der Waals surface area contributed by atoms with E-state index in [-0.39, 0.29) is 31.0 Å². The van der Waals surface area contributed by atoms with Gasteiger partial charge in [0.2, 0.25) is 0 Å². The van der Waals surface area contributed by atoms with Gasteiger partial charge in [0, 0.05) is 0 Å². The first-order chi connectivity index (χ1) is 17.5. The number of fused-ring (bicyclic) bond motifs is 1. The monoisotopic (exact) mass is 556 g/mol. The van der Waals surface area contributed by atoms with E-state index in [1.54, 1.807) is 59.4 Å². The van der Waals surface area contributed by atoms with Crippen LogP contribution in [0.25, 0.3) is 11.2 Å². The van der Waals surface area contributed by atoms with Gasteiger partial charge in [-0.25, -0.2) is 20.0 Å². The summed E-state index contributed by atoms with van der Waals surface area (Å²) in [7, 11) is -3.86. The third kappa shape index (κ3) is 8.72. The summed E-state index contributed by atoms with van der Waals surface area (Å²) >= 11 is 0. The van der Waals surface area contributed by atoms with Crippen LogP contribution in [-0.4, -0.2) is 68.3 Å². The van der Waals surface area contributed by atoms with Crippen LogP contribution in [0.3, 0.4) is 0 Å². The van der Waals surface area contributed by atoms with Crippen LogP contribution in [0.1, 0.15) is 62.3 Å². The first-order valence-electron chi connectivity index (χ1n) is 12.4. The number of nitrogens with two attached hydrogens (primary N) is 1. The van der Waals surface area contributed by atoms with E-state index in [4.69, 9.17) is 24.5 Å². The topological polar surface area (TPSA) is 170 Å². The van der Waals surface area contributed by atoms with Gasteiger partial charge in [-0.15, -0.1) is 0 Å². The zero-order valence-corrected chi connectivity index (χ0v) is 24.6. The molecule has 2 rings (SSSR count). The number of nitrogens with one attached hydrogen (secondary N) is 1. The Kier molecular flexibility index (Phi) is 10.4. The van der Waals surface area contributed by atoms with Gasteiger partial charge in [-0.3, -0.25) is 14.2 Å². The standard InChI is InChI=1S/C24H41N6O7P/c1-15(2)36-21(31)23(6,7)11-35-38(33,29-24(8,9)22(32)37-16(3)4)14-34-17(5)10-30-13-28-18-19(25)26-12-27-20(18)30/h12-13,15-17H,10-11,14H2,1-9H3,(H,29,33)(H2,25,26,27)/t17-,38+/m1/s1. The number of ether oxygens (including phenoxy) is 3. The minimum atomic E-state index is -3.86. The fourth-order valence-electron chi connectivity index (χ4n) is 3.22. The summed E-state index contributed by atoms with van der Waals surface area (Å²) in [5, 5.41) is 2.80. The highest BCUT2D eigenvalue weighted by atomic mass is 31.2. The maximum atomic E-state index is 14.0. The zero-order valence-electron chi connectivity index (χ0n) is 23.7. The Bertz CT molecular complexity index is 1160. The van der Waals surface area contributed by atoms with E-state index in [1.807, 2.05) is 0 Å². The number of nitrogens with zero attached hydrogens (tertiary/aromatic N) is 4. The van der Waals surface area contributed by atoms with Gasteiger partial charge in [-0.2, -0.15) is 0 Å². The zero-order chi connectivity index (χ0) is 28.9. The number of carbonyl (C=O) groups is 2. The molecule has 2 aromatic heterocycles. The Morgan fingerprint density at radius 1 is 1.03 bits per heavy atom. The molecule has 0 aliphatic heterocycles. The Hall–Kier alpha value is -2.60. The number of esters is 2. The molecule has 214 valence electrons. The number of hydrogen-bond donors (Lipinski definition) is 2. The summed E-state index contributed by atoms with van der Waals surface area (Å²) in [4.78, 5) is 37.6. The van der Waals surface area contributed by atoms with Gasteiger partial charge in [0.1, 0.15) is 23.7 Å². The Morgan fingerprint density at radius 2 is 1.63 bits per heavy atom. The van der Waals surface area contributed by atoms with E-state index in [9.17, 15) is 14.2 Å². The van der Waals surface area contributed by atoms with E-state index < -0.39 is 36.5 Å². The van der Waals surface area contributed by atoms with Crippen molar-refractivity contribution in [2.24, 2.45) is 5.41 Å². The lowest BCUT2D eigenvalue weighted by Gasteiger charge is -2.33. The van der Waals surface area contributed by atoms with Gasteiger partial charge in [-0.05, 0) is 62.3 Å². The van der Waals surface area contributed by atoms with Crippen molar-refractivity contribution in [3.05, 3.63) is 12.7 Å². The molecule has 14 heteroatoms. The fraction of sp³-hybridized carbons (Fsp3) is 0.708. The van der Waals surface area contributed by atoms with Crippen LogP contribution in [0.2, 0.25) is 0 Å². The third-order valence-corrected chi connectivity index (χ3v) is 7.18. The molecule has 3 N–H and O–H groups in total. The van der Waals surface area contributed by atoms with E-state index in [2.05, 4.69) is 20.0 Å². The smallest absolute Gasteiger partial charge is 0.326 e. The van der Waals surface area contributed by atoms with Gasteiger partial charge >= 0.3 is 11.9 Å². The van der Waals surface area contributed by atoms with Crippen molar-refractivity contribution in [2.75, 3.05) is 18.7 Å². The maximum absolute atomic E-state index is 14.0. The van der Waals surface area contributed by atoms with E-state index in [0.717, 1.165) is 0 Å². The van der Waals surface area contributed by atoms with E-state index >= 15 is 0 Å². The number of aromatic nitrogens is 4. The largest absolute Gasteiger partial charge is 0.462 e. The summed E-state index contributed by atoms with van der Waals surface area (Å²) in [6.45, 7) is 15.1. The summed E-state index contributed by atoms with van der Waals surface area (Å²) in [6.07, 6.45) is 1.38. The van der Waals surface area contributed by atoms with E-state index in [1.165, 1.54) is 20.2 Å². The molecule has 0 amide bonds. The van der Waals surface area contributed by atoms with Gasteiger partial charge in [0.25, 0.3) is 7.52 Å². The molecule has 0 aliphatic rings. The van der Waals surface area contributed by atoms with Crippen LogP contribution in [0.15, 0.2) is 12.7 Å².